The molecule has 0 saturated carbocycles. The van der Waals surface area contributed by atoms with Crippen LogP contribution in [0.3, 0.4) is 0 Å². The Morgan fingerprint density at radius 3 is 2.45 bits per heavy atom. The quantitative estimate of drug-likeness (QED) is 0.347. The van der Waals surface area contributed by atoms with Crippen LogP contribution in [0.15, 0.2) is 66.2 Å². The summed E-state index contributed by atoms with van der Waals surface area (Å²) in [5, 5.41) is 12.7. The fourth-order valence-corrected chi connectivity index (χ4v) is 5.61. The van der Waals surface area contributed by atoms with Crippen LogP contribution in [0.2, 0.25) is 0 Å². The first-order valence-corrected chi connectivity index (χ1v) is 13.7. The monoisotopic (exact) mass is 572 g/mol. The lowest BCUT2D eigenvalue weighted by Gasteiger charge is -2.35. The number of nitrogens with zero attached hydrogens (tertiary/aromatic N) is 1. The van der Waals surface area contributed by atoms with Gasteiger partial charge in [0.25, 0.3) is 0 Å². The maximum absolute atomic E-state index is 14.4. The number of rotatable bonds is 8. The van der Waals surface area contributed by atoms with Gasteiger partial charge in [-0.15, -0.1) is 0 Å². The number of carboxylic acid groups (broad SMARTS) is 1. The van der Waals surface area contributed by atoms with Crippen molar-refractivity contribution < 1.29 is 33.3 Å². The fourth-order valence-electron chi connectivity index (χ4n) is 5.61. The third-order valence-corrected chi connectivity index (χ3v) is 7.71. The van der Waals surface area contributed by atoms with Crippen molar-refractivity contribution in [2.75, 3.05) is 34.0 Å². The highest BCUT2D eigenvalue weighted by Crippen LogP contribution is 2.45. The zero-order valence-electron chi connectivity index (χ0n) is 23.8. The van der Waals surface area contributed by atoms with E-state index >= 15 is 0 Å². The Bertz CT molecular complexity index is 1540. The van der Waals surface area contributed by atoms with Crippen molar-refractivity contribution >= 4 is 29.2 Å². The van der Waals surface area contributed by atoms with Crippen LogP contribution in [-0.4, -0.2) is 56.0 Å². The van der Waals surface area contributed by atoms with Crippen molar-refractivity contribution in [3.8, 4) is 11.5 Å². The first kappa shape index (κ1) is 28.9. The van der Waals surface area contributed by atoms with Gasteiger partial charge in [-0.2, -0.15) is 0 Å². The molecule has 3 aromatic rings. The zero-order valence-corrected chi connectivity index (χ0v) is 23.8. The van der Waals surface area contributed by atoms with E-state index in [0.29, 0.717) is 35.8 Å². The number of ether oxygens (including phenoxy) is 3. The number of nitrogens with one attached hydrogen (secondary N) is 1. The number of halogens is 1. The minimum atomic E-state index is -1.05. The Kier molecular flexibility index (Phi) is 8.59. The lowest BCUT2D eigenvalue weighted by atomic mass is 9.97. The van der Waals surface area contributed by atoms with Crippen molar-refractivity contribution in [3.05, 3.63) is 99.9 Å². The normalized spacial score (nSPS) is 17.3. The van der Waals surface area contributed by atoms with Gasteiger partial charge in [0.2, 0.25) is 5.91 Å². The number of hydrogen-bond acceptors (Lipinski definition) is 5. The minimum Gasteiger partial charge on any atom is -0.496 e. The summed E-state index contributed by atoms with van der Waals surface area (Å²) in [5.41, 5.74) is 6.29. The van der Waals surface area contributed by atoms with Crippen molar-refractivity contribution in [1.29, 1.82) is 0 Å². The smallest absolute Gasteiger partial charge is 0.407 e. The summed E-state index contributed by atoms with van der Waals surface area (Å²) in [7, 11) is 3.05. The number of amides is 2. The standard InChI is InChI=1S/C33H33FN2O6/c1-20-25(13-22-14-29(40-2)32(30(15-22)41-3)28-19-42-12-11-36(28)33(38)39)24-10-9-23(34)16-27(24)26(20)17-31(37)35-18-21-7-5-4-6-8-21/h4-10,13-16,28H,11-12,17-19H2,1-3H3,(H,35,37)(H,38,39)/b25-13-. The molecule has 1 heterocycles. The highest BCUT2D eigenvalue weighted by molar-refractivity contribution is 6.08. The summed E-state index contributed by atoms with van der Waals surface area (Å²) in [4.78, 5) is 26.2. The molecule has 0 bridgehead atoms. The Morgan fingerprint density at radius 1 is 1.07 bits per heavy atom. The molecule has 0 aromatic heterocycles. The van der Waals surface area contributed by atoms with Gasteiger partial charge in [-0.05, 0) is 76.2 Å². The third kappa shape index (κ3) is 5.87. The lowest BCUT2D eigenvalue weighted by Crippen LogP contribution is -2.42. The van der Waals surface area contributed by atoms with E-state index in [1.54, 1.807) is 6.07 Å². The second-order valence-corrected chi connectivity index (χ2v) is 10.2. The maximum atomic E-state index is 14.4. The molecule has 0 spiro atoms. The first-order valence-electron chi connectivity index (χ1n) is 13.7. The molecule has 2 amide bonds. The Hall–Kier alpha value is -4.63. The third-order valence-electron chi connectivity index (χ3n) is 7.71. The molecular weight excluding hydrogens is 539 g/mol. The molecule has 2 N–H and O–H groups in total. The lowest BCUT2D eigenvalue weighted by molar-refractivity contribution is -0.120. The number of carbonyl (C=O) groups is 2. The molecule has 2 aliphatic rings. The number of carbonyl (C=O) groups excluding carboxylic acids is 1. The fraction of sp³-hybridized carbons (Fsp3) is 0.273. The molecule has 1 fully saturated rings. The van der Waals surface area contributed by atoms with Crippen LogP contribution in [0.5, 0.6) is 11.5 Å². The van der Waals surface area contributed by atoms with Crippen LogP contribution in [0.1, 0.15) is 47.2 Å². The summed E-state index contributed by atoms with van der Waals surface area (Å²) in [6, 6.07) is 17.3. The van der Waals surface area contributed by atoms with Gasteiger partial charge in [-0.25, -0.2) is 9.18 Å². The summed E-state index contributed by atoms with van der Waals surface area (Å²) in [5.74, 6) is 0.384. The molecular formula is C33H33FN2O6. The largest absolute Gasteiger partial charge is 0.496 e. The molecule has 1 aliphatic carbocycles. The second kappa shape index (κ2) is 12.5. The number of fused-ring (bicyclic) bond motifs is 1. The number of methoxy groups -OCH3 is 2. The molecule has 3 aromatic carbocycles. The van der Waals surface area contributed by atoms with Gasteiger partial charge in [-0.3, -0.25) is 9.69 Å². The average molecular weight is 573 g/mol. The van der Waals surface area contributed by atoms with Gasteiger partial charge in [-0.1, -0.05) is 36.4 Å². The van der Waals surface area contributed by atoms with Crippen LogP contribution in [0.25, 0.3) is 17.2 Å². The Morgan fingerprint density at radius 2 is 1.79 bits per heavy atom. The SMILES string of the molecule is COc1cc(/C=C2/C(C)=C(CC(=O)NCc3ccccc3)c3cc(F)ccc32)cc(OC)c1C1COCCN1C(=O)O. The molecule has 9 heteroatoms. The zero-order chi connectivity index (χ0) is 29.8. The van der Waals surface area contributed by atoms with E-state index in [1.165, 1.54) is 31.3 Å². The number of morpholine rings is 1. The van der Waals surface area contributed by atoms with Crippen molar-refractivity contribution in [2.24, 2.45) is 0 Å². The molecule has 42 heavy (non-hydrogen) atoms. The highest BCUT2D eigenvalue weighted by atomic mass is 19.1. The topological polar surface area (TPSA) is 97.3 Å². The van der Waals surface area contributed by atoms with Gasteiger partial charge in [0.15, 0.2) is 0 Å². The summed E-state index contributed by atoms with van der Waals surface area (Å²) in [6.07, 6.45) is 1.00. The van der Waals surface area contributed by atoms with Crippen molar-refractivity contribution in [2.45, 2.75) is 25.9 Å². The molecule has 8 nitrogen and oxygen atoms in total. The van der Waals surface area contributed by atoms with Crippen LogP contribution < -0.4 is 14.8 Å². The Labute approximate surface area is 244 Å². The van der Waals surface area contributed by atoms with E-state index in [1.807, 2.05) is 55.5 Å². The molecule has 0 radical (unpaired) electrons. The van der Waals surface area contributed by atoms with E-state index in [4.69, 9.17) is 14.2 Å². The maximum Gasteiger partial charge on any atom is 0.407 e. The van der Waals surface area contributed by atoms with Gasteiger partial charge in [0.05, 0.1) is 45.5 Å². The predicted octanol–water partition coefficient (Wildman–Crippen LogP) is 5.93. The molecule has 1 aliphatic heterocycles. The van der Waals surface area contributed by atoms with Gasteiger partial charge >= 0.3 is 6.09 Å². The van der Waals surface area contributed by atoms with Gasteiger partial charge in [0, 0.05) is 13.1 Å². The van der Waals surface area contributed by atoms with Crippen LogP contribution in [0.4, 0.5) is 9.18 Å². The van der Waals surface area contributed by atoms with E-state index < -0.39 is 12.1 Å². The molecule has 1 saturated heterocycles. The average Bonchev–Trinajstić information content (AvgIpc) is 3.25. The van der Waals surface area contributed by atoms with Crippen LogP contribution in [-0.2, 0) is 16.1 Å². The first-order chi connectivity index (χ1) is 20.3. The van der Waals surface area contributed by atoms with E-state index in [0.717, 1.165) is 33.4 Å². The molecule has 5 rings (SSSR count). The predicted molar refractivity (Wildman–Crippen MR) is 158 cm³/mol. The summed E-state index contributed by atoms with van der Waals surface area (Å²) >= 11 is 0. The van der Waals surface area contributed by atoms with Crippen LogP contribution >= 0.6 is 0 Å². The Balaban J connectivity index is 1.50. The van der Waals surface area contributed by atoms with Gasteiger partial charge < -0.3 is 24.6 Å². The van der Waals surface area contributed by atoms with E-state index in [-0.39, 0.29) is 31.3 Å². The second-order valence-electron chi connectivity index (χ2n) is 10.2. The van der Waals surface area contributed by atoms with E-state index in [9.17, 15) is 19.1 Å². The number of hydrogen-bond donors (Lipinski definition) is 2. The minimum absolute atomic E-state index is 0.102. The highest BCUT2D eigenvalue weighted by Gasteiger charge is 2.33. The summed E-state index contributed by atoms with van der Waals surface area (Å²) < 4.78 is 31.5. The molecule has 1 atom stereocenters. The van der Waals surface area contributed by atoms with Crippen molar-refractivity contribution in [3.63, 3.8) is 0 Å². The van der Waals surface area contributed by atoms with E-state index in [2.05, 4.69) is 5.32 Å². The number of allylic oxidation sites excluding steroid dienone is 2. The van der Waals surface area contributed by atoms with Gasteiger partial charge in [0.1, 0.15) is 17.3 Å². The summed E-state index contributed by atoms with van der Waals surface area (Å²) in [6.45, 7) is 3.06. The molecule has 1 unspecified atom stereocenters. The van der Waals surface area contributed by atoms with Crippen molar-refractivity contribution in [1.82, 2.24) is 10.2 Å². The number of benzene rings is 3. The van der Waals surface area contributed by atoms with Crippen LogP contribution in [0, 0.1) is 5.82 Å². The molecule has 218 valence electrons.